The Morgan fingerprint density at radius 3 is 1.10 bits per heavy atom. The van der Waals surface area contributed by atoms with Crippen LogP contribution in [0.1, 0.15) is 128 Å². The van der Waals surface area contributed by atoms with E-state index in [9.17, 15) is 28.8 Å². The number of esters is 4. The van der Waals surface area contributed by atoms with Crippen molar-refractivity contribution < 1.29 is 71.4 Å². The molecule has 0 bridgehead atoms. The molecule has 0 saturated carbocycles. The maximum Gasteiger partial charge on any atom is 0.329 e. The second-order valence-corrected chi connectivity index (χ2v) is 20.9. The number of nitrogens with one attached hydrogen (secondary N) is 2. The largest absolute Gasteiger partial charge is 0.490 e. The van der Waals surface area contributed by atoms with Gasteiger partial charge in [-0.3, -0.25) is 19.2 Å². The van der Waals surface area contributed by atoms with Crippen molar-refractivity contribution in [2.45, 2.75) is 144 Å². The standard InChI is InChI=1S/C56H72N2O15/c1-53(2,3)70-47(59)33-43(51(63)72-55(7,8)9)57-49(61)41-25-23-39(68-35-37-19-15-13-16-20-37)31-45(41)66-29-27-65-28-30-67-46-32-40(69-36-38-21-17-14-18-22-38)24-26-42(46)50(62)58-44(52(64)73-56(10,11)12)34-48(60)71-54(4,5)6/h13-26,31-32,43-44H,27-30,33-36H2,1-12H3,(H,57,61)(H,58,62)/t43-,44-/m1/s1. The molecule has 0 saturated heterocycles. The third kappa shape index (κ3) is 22.4. The van der Waals surface area contributed by atoms with E-state index in [-0.39, 0.29) is 62.3 Å². The summed E-state index contributed by atoms with van der Waals surface area (Å²) in [5, 5.41) is 5.27. The van der Waals surface area contributed by atoms with Gasteiger partial charge in [0.1, 0.15) is 83.9 Å². The summed E-state index contributed by atoms with van der Waals surface area (Å²) in [4.78, 5) is 80.3. The van der Waals surface area contributed by atoms with E-state index in [4.69, 9.17) is 42.6 Å². The number of hydrogen-bond acceptors (Lipinski definition) is 15. The normalized spacial score (nSPS) is 12.5. The van der Waals surface area contributed by atoms with Gasteiger partial charge in [0, 0.05) is 12.1 Å². The lowest BCUT2D eigenvalue weighted by Gasteiger charge is -2.26. The van der Waals surface area contributed by atoms with Crippen molar-refractivity contribution in [2.24, 2.45) is 0 Å². The highest BCUT2D eigenvalue weighted by atomic mass is 16.6. The molecule has 2 N–H and O–H groups in total. The molecule has 17 nitrogen and oxygen atoms in total. The SMILES string of the molecule is CC(C)(C)OC(=O)C[C@@H](NC(=O)c1ccc(OCc2ccccc2)cc1OCCOCCOc1cc(OCc2ccccc2)ccc1C(=O)N[C@H](CC(=O)OC(C)(C)C)C(=O)OC(C)(C)C)C(=O)OC(C)(C)C. The molecule has 0 fully saturated rings. The average molecular weight is 1010 g/mol. The maximum absolute atomic E-state index is 13.9. The van der Waals surface area contributed by atoms with E-state index in [0.717, 1.165) is 11.1 Å². The molecule has 0 aliphatic carbocycles. The van der Waals surface area contributed by atoms with E-state index in [2.05, 4.69) is 10.6 Å². The van der Waals surface area contributed by atoms with Crippen molar-refractivity contribution in [3.63, 3.8) is 0 Å². The minimum Gasteiger partial charge on any atom is -0.490 e. The van der Waals surface area contributed by atoms with Crippen LogP contribution in [-0.4, -0.2) is 96.6 Å². The summed E-state index contributed by atoms with van der Waals surface area (Å²) in [6.07, 6.45) is -0.972. The van der Waals surface area contributed by atoms with E-state index < -0.39 is 83.0 Å². The van der Waals surface area contributed by atoms with Gasteiger partial charge in [-0.15, -0.1) is 0 Å². The Hall–Kier alpha value is -7.14. The molecule has 0 heterocycles. The van der Waals surface area contributed by atoms with Crippen molar-refractivity contribution in [1.29, 1.82) is 0 Å². The van der Waals surface area contributed by atoms with Crippen LogP contribution in [0.5, 0.6) is 23.0 Å². The highest BCUT2D eigenvalue weighted by Crippen LogP contribution is 2.29. The van der Waals surface area contributed by atoms with Crippen LogP contribution in [0.2, 0.25) is 0 Å². The highest BCUT2D eigenvalue weighted by molar-refractivity contribution is 6.01. The third-order valence-corrected chi connectivity index (χ3v) is 9.44. The van der Waals surface area contributed by atoms with Crippen molar-refractivity contribution in [3.05, 3.63) is 119 Å². The minimum atomic E-state index is -1.39. The monoisotopic (exact) mass is 1010 g/mol. The smallest absolute Gasteiger partial charge is 0.329 e. The van der Waals surface area contributed by atoms with Gasteiger partial charge in [0.15, 0.2) is 0 Å². The lowest BCUT2D eigenvalue weighted by Crippen LogP contribution is -2.46. The van der Waals surface area contributed by atoms with Gasteiger partial charge in [-0.25, -0.2) is 9.59 Å². The molecule has 4 aromatic carbocycles. The van der Waals surface area contributed by atoms with Crippen LogP contribution >= 0.6 is 0 Å². The molecular formula is C56H72N2O15. The summed E-state index contributed by atoms with van der Waals surface area (Å²) in [5.74, 6) is -3.55. The number of ether oxygens (including phenoxy) is 9. The Labute approximate surface area is 428 Å². The third-order valence-electron chi connectivity index (χ3n) is 9.44. The van der Waals surface area contributed by atoms with E-state index >= 15 is 0 Å². The molecule has 4 aromatic rings. The summed E-state index contributed by atoms with van der Waals surface area (Å²) >= 11 is 0. The fourth-order valence-electron chi connectivity index (χ4n) is 6.51. The van der Waals surface area contributed by atoms with Crippen LogP contribution < -0.4 is 29.6 Å². The summed E-state index contributed by atoms with van der Waals surface area (Å²) in [7, 11) is 0. The molecule has 0 spiro atoms. The Bertz CT molecular complexity index is 2290. The predicted octanol–water partition coefficient (Wildman–Crippen LogP) is 8.66. The molecule has 4 rings (SSSR count). The van der Waals surface area contributed by atoms with Crippen LogP contribution in [0.25, 0.3) is 0 Å². The summed E-state index contributed by atoms with van der Waals surface area (Å²) in [6, 6.07) is 25.4. The maximum atomic E-state index is 13.9. The Kier molecular flexibility index (Phi) is 21.2. The molecule has 0 aliphatic rings. The minimum absolute atomic E-state index is 0.00843. The predicted molar refractivity (Wildman–Crippen MR) is 271 cm³/mol. The van der Waals surface area contributed by atoms with Gasteiger partial charge < -0.3 is 53.3 Å². The Balaban J connectivity index is 1.50. The number of benzene rings is 4. The Morgan fingerprint density at radius 2 is 0.767 bits per heavy atom. The lowest BCUT2D eigenvalue weighted by atomic mass is 10.1. The molecule has 0 aliphatic heterocycles. The number of carbonyl (C=O) groups excluding carboxylic acids is 6. The summed E-state index contributed by atoms with van der Waals surface area (Å²) < 4.78 is 52.1. The molecule has 0 aromatic heterocycles. The van der Waals surface area contributed by atoms with Gasteiger partial charge >= 0.3 is 23.9 Å². The zero-order valence-corrected chi connectivity index (χ0v) is 44.2. The first kappa shape index (κ1) is 58.4. The second kappa shape index (κ2) is 26.5. The van der Waals surface area contributed by atoms with Crippen molar-refractivity contribution >= 4 is 35.7 Å². The number of rotatable bonds is 24. The Morgan fingerprint density at radius 1 is 0.425 bits per heavy atom. The van der Waals surface area contributed by atoms with E-state index in [1.807, 2.05) is 60.7 Å². The topological polar surface area (TPSA) is 210 Å². The highest BCUT2D eigenvalue weighted by Gasteiger charge is 2.34. The molecule has 0 radical (unpaired) electrons. The van der Waals surface area contributed by atoms with Crippen LogP contribution in [0.4, 0.5) is 0 Å². The number of carbonyl (C=O) groups is 6. The van der Waals surface area contributed by atoms with Crippen LogP contribution in [0.3, 0.4) is 0 Å². The molecule has 2 atom stereocenters. The zero-order valence-electron chi connectivity index (χ0n) is 44.2. The van der Waals surface area contributed by atoms with Crippen molar-refractivity contribution in [3.8, 4) is 23.0 Å². The van der Waals surface area contributed by atoms with Gasteiger partial charge in [0.05, 0.1) is 37.2 Å². The molecule has 0 unspecified atom stereocenters. The van der Waals surface area contributed by atoms with Gasteiger partial charge in [-0.2, -0.15) is 0 Å². The lowest BCUT2D eigenvalue weighted by molar-refractivity contribution is -0.164. The van der Waals surface area contributed by atoms with Crippen molar-refractivity contribution in [2.75, 3.05) is 26.4 Å². The molecule has 17 heteroatoms. The van der Waals surface area contributed by atoms with E-state index in [1.54, 1.807) is 95.2 Å². The first-order valence-electron chi connectivity index (χ1n) is 24.1. The fourth-order valence-corrected chi connectivity index (χ4v) is 6.51. The first-order chi connectivity index (χ1) is 34.1. The number of hydrogen-bond donors (Lipinski definition) is 2. The average Bonchev–Trinajstić information content (AvgIpc) is 3.27. The van der Waals surface area contributed by atoms with Gasteiger partial charge in [0.2, 0.25) is 0 Å². The van der Waals surface area contributed by atoms with Crippen LogP contribution in [0, 0.1) is 0 Å². The van der Waals surface area contributed by atoms with Crippen LogP contribution in [0.15, 0.2) is 97.1 Å². The zero-order chi connectivity index (χ0) is 54.0. The molecular weight excluding hydrogens is 941 g/mol. The van der Waals surface area contributed by atoms with Crippen molar-refractivity contribution in [1.82, 2.24) is 10.6 Å². The van der Waals surface area contributed by atoms with Gasteiger partial charge in [-0.05, 0) is 118 Å². The van der Waals surface area contributed by atoms with Crippen LogP contribution in [-0.2, 0) is 56.1 Å². The van der Waals surface area contributed by atoms with E-state index in [0.29, 0.717) is 11.5 Å². The van der Waals surface area contributed by atoms with Gasteiger partial charge in [-0.1, -0.05) is 60.7 Å². The second-order valence-electron chi connectivity index (χ2n) is 20.9. The first-order valence-corrected chi connectivity index (χ1v) is 24.1. The molecule has 73 heavy (non-hydrogen) atoms. The fraction of sp³-hybridized carbons (Fsp3) is 0.464. The summed E-state index contributed by atoms with van der Waals surface area (Å²) in [6.45, 7) is 20.5. The van der Waals surface area contributed by atoms with E-state index in [1.165, 1.54) is 24.3 Å². The molecule has 2 amide bonds. The molecule has 396 valence electrons. The number of amides is 2. The quantitative estimate of drug-likeness (QED) is 0.0382. The summed E-state index contributed by atoms with van der Waals surface area (Å²) in [5.41, 5.74) is -1.62. The van der Waals surface area contributed by atoms with Gasteiger partial charge in [0.25, 0.3) is 11.8 Å².